The molecule has 0 radical (unpaired) electrons. The summed E-state index contributed by atoms with van der Waals surface area (Å²) in [7, 11) is 4.11. The average Bonchev–Trinajstić information content (AvgIpc) is 3.04. The molecule has 15 heavy (non-hydrogen) atoms. The van der Waals surface area contributed by atoms with Gasteiger partial charge in [-0.1, -0.05) is 12.1 Å². The van der Waals surface area contributed by atoms with Crippen LogP contribution in [0, 0.1) is 5.92 Å². The van der Waals surface area contributed by atoms with Gasteiger partial charge in [-0.3, -0.25) is 11.3 Å². The van der Waals surface area contributed by atoms with Crippen molar-refractivity contribution in [2.75, 3.05) is 19.0 Å². The van der Waals surface area contributed by atoms with Gasteiger partial charge in [0, 0.05) is 25.8 Å². The van der Waals surface area contributed by atoms with Crippen molar-refractivity contribution in [3.05, 3.63) is 29.8 Å². The van der Waals surface area contributed by atoms with Crippen molar-refractivity contribution < 1.29 is 0 Å². The SMILES string of the molecule is CN(C)c1cccc(C(NN)C2CC2)c1. The number of nitrogens with two attached hydrogens (primary N) is 1. The lowest BCUT2D eigenvalue weighted by atomic mass is 10.0. The van der Waals surface area contributed by atoms with Gasteiger partial charge in [-0.05, 0) is 36.5 Å². The summed E-state index contributed by atoms with van der Waals surface area (Å²) in [6.07, 6.45) is 2.59. The third kappa shape index (κ3) is 2.30. The topological polar surface area (TPSA) is 41.3 Å². The fourth-order valence-corrected chi connectivity index (χ4v) is 1.93. The van der Waals surface area contributed by atoms with Gasteiger partial charge in [-0.15, -0.1) is 0 Å². The molecule has 1 saturated carbocycles. The predicted molar refractivity (Wildman–Crippen MR) is 63.6 cm³/mol. The van der Waals surface area contributed by atoms with E-state index >= 15 is 0 Å². The molecule has 0 aliphatic heterocycles. The van der Waals surface area contributed by atoms with E-state index in [4.69, 9.17) is 5.84 Å². The van der Waals surface area contributed by atoms with E-state index in [1.54, 1.807) is 0 Å². The molecule has 0 amide bonds. The highest BCUT2D eigenvalue weighted by Crippen LogP contribution is 2.40. The molecule has 0 saturated heterocycles. The van der Waals surface area contributed by atoms with Crippen molar-refractivity contribution in [1.29, 1.82) is 0 Å². The van der Waals surface area contributed by atoms with E-state index in [2.05, 4.69) is 48.7 Å². The molecule has 1 fully saturated rings. The van der Waals surface area contributed by atoms with Crippen molar-refractivity contribution in [3.8, 4) is 0 Å². The van der Waals surface area contributed by atoms with E-state index in [1.807, 2.05) is 0 Å². The molecule has 1 aromatic rings. The summed E-state index contributed by atoms with van der Waals surface area (Å²) >= 11 is 0. The molecule has 1 aliphatic carbocycles. The first kappa shape index (κ1) is 10.5. The first-order chi connectivity index (χ1) is 7.22. The van der Waals surface area contributed by atoms with Crippen LogP contribution < -0.4 is 16.2 Å². The normalized spacial score (nSPS) is 17.5. The zero-order valence-corrected chi connectivity index (χ0v) is 9.40. The summed E-state index contributed by atoms with van der Waals surface area (Å²) in [4.78, 5) is 2.12. The van der Waals surface area contributed by atoms with Gasteiger partial charge in [-0.25, -0.2) is 0 Å². The lowest BCUT2D eigenvalue weighted by Crippen LogP contribution is -2.29. The summed E-state index contributed by atoms with van der Waals surface area (Å²) in [5.74, 6) is 6.34. The van der Waals surface area contributed by atoms with E-state index in [9.17, 15) is 0 Å². The standard InChI is InChI=1S/C12H19N3/c1-15(2)11-5-3-4-10(8-11)12(14-13)9-6-7-9/h3-5,8-9,12,14H,6-7,13H2,1-2H3. The van der Waals surface area contributed by atoms with Crippen molar-refractivity contribution in [2.24, 2.45) is 11.8 Å². The van der Waals surface area contributed by atoms with Gasteiger partial charge in [0.1, 0.15) is 0 Å². The molecule has 3 N–H and O–H groups in total. The average molecular weight is 205 g/mol. The number of nitrogens with zero attached hydrogens (tertiary/aromatic N) is 1. The molecule has 3 nitrogen and oxygen atoms in total. The van der Waals surface area contributed by atoms with Crippen LogP contribution in [0.25, 0.3) is 0 Å². The molecule has 1 aromatic carbocycles. The van der Waals surface area contributed by atoms with E-state index < -0.39 is 0 Å². The van der Waals surface area contributed by atoms with E-state index in [0.29, 0.717) is 6.04 Å². The van der Waals surface area contributed by atoms with Gasteiger partial charge in [0.25, 0.3) is 0 Å². The Hall–Kier alpha value is -1.06. The Bertz CT molecular complexity index is 331. The van der Waals surface area contributed by atoms with Gasteiger partial charge < -0.3 is 4.90 Å². The van der Waals surface area contributed by atoms with Crippen LogP contribution in [-0.2, 0) is 0 Å². The molecule has 0 heterocycles. The van der Waals surface area contributed by atoms with Crippen LogP contribution in [0.5, 0.6) is 0 Å². The quantitative estimate of drug-likeness (QED) is 0.580. The number of hydrogen-bond donors (Lipinski definition) is 2. The van der Waals surface area contributed by atoms with Crippen molar-refractivity contribution >= 4 is 5.69 Å². The van der Waals surface area contributed by atoms with Crippen molar-refractivity contribution in [2.45, 2.75) is 18.9 Å². The number of nitrogens with one attached hydrogen (secondary N) is 1. The highest BCUT2D eigenvalue weighted by atomic mass is 15.2. The number of hydrazine groups is 1. The number of benzene rings is 1. The summed E-state index contributed by atoms with van der Waals surface area (Å²) in [5, 5.41) is 0. The molecule has 2 rings (SSSR count). The highest BCUT2D eigenvalue weighted by Gasteiger charge is 2.31. The van der Waals surface area contributed by atoms with Crippen LogP contribution >= 0.6 is 0 Å². The zero-order chi connectivity index (χ0) is 10.8. The molecule has 82 valence electrons. The molecule has 1 unspecified atom stereocenters. The number of hydrogen-bond acceptors (Lipinski definition) is 3. The second kappa shape index (κ2) is 4.21. The fraction of sp³-hybridized carbons (Fsp3) is 0.500. The number of anilines is 1. The molecular formula is C12H19N3. The van der Waals surface area contributed by atoms with Crippen LogP contribution in [0.15, 0.2) is 24.3 Å². The third-order valence-corrected chi connectivity index (χ3v) is 3.02. The minimum atomic E-state index is 0.324. The van der Waals surface area contributed by atoms with Crippen LogP contribution in [-0.4, -0.2) is 14.1 Å². The van der Waals surface area contributed by atoms with Crippen molar-refractivity contribution in [3.63, 3.8) is 0 Å². The molecule has 0 aromatic heterocycles. The van der Waals surface area contributed by atoms with Crippen LogP contribution in [0.2, 0.25) is 0 Å². The summed E-state index contributed by atoms with van der Waals surface area (Å²) in [5.41, 5.74) is 5.46. The fourth-order valence-electron chi connectivity index (χ4n) is 1.93. The zero-order valence-electron chi connectivity index (χ0n) is 9.40. The summed E-state index contributed by atoms with van der Waals surface area (Å²) < 4.78 is 0. The molecule has 0 bridgehead atoms. The van der Waals surface area contributed by atoms with E-state index in [1.165, 1.54) is 24.1 Å². The van der Waals surface area contributed by atoms with E-state index in [0.717, 1.165) is 5.92 Å². The first-order valence-corrected chi connectivity index (χ1v) is 5.46. The second-order valence-electron chi connectivity index (χ2n) is 4.47. The third-order valence-electron chi connectivity index (χ3n) is 3.02. The Labute approximate surface area is 91.2 Å². The monoisotopic (exact) mass is 205 g/mol. The van der Waals surface area contributed by atoms with Crippen LogP contribution in [0.4, 0.5) is 5.69 Å². The lowest BCUT2D eigenvalue weighted by Gasteiger charge is -2.19. The maximum absolute atomic E-state index is 5.61. The maximum atomic E-state index is 5.61. The van der Waals surface area contributed by atoms with Gasteiger partial charge >= 0.3 is 0 Å². The van der Waals surface area contributed by atoms with Gasteiger partial charge in [0.05, 0.1) is 0 Å². The Balaban J connectivity index is 2.22. The Morgan fingerprint density at radius 3 is 2.67 bits per heavy atom. The Morgan fingerprint density at radius 1 is 1.40 bits per heavy atom. The predicted octanol–water partition coefficient (Wildman–Crippen LogP) is 1.67. The molecule has 3 heteroatoms. The molecule has 0 spiro atoms. The molecular weight excluding hydrogens is 186 g/mol. The van der Waals surface area contributed by atoms with Crippen molar-refractivity contribution in [1.82, 2.24) is 5.43 Å². The van der Waals surface area contributed by atoms with Gasteiger partial charge in [0.2, 0.25) is 0 Å². The van der Waals surface area contributed by atoms with Gasteiger partial charge in [-0.2, -0.15) is 0 Å². The minimum Gasteiger partial charge on any atom is -0.378 e. The Kier molecular flexibility index (Phi) is 2.93. The highest BCUT2D eigenvalue weighted by molar-refractivity contribution is 5.48. The molecule has 1 atom stereocenters. The molecule has 1 aliphatic rings. The number of rotatable bonds is 4. The van der Waals surface area contributed by atoms with Crippen LogP contribution in [0.1, 0.15) is 24.4 Å². The van der Waals surface area contributed by atoms with Crippen LogP contribution in [0.3, 0.4) is 0 Å². The first-order valence-electron chi connectivity index (χ1n) is 5.46. The largest absolute Gasteiger partial charge is 0.378 e. The smallest absolute Gasteiger partial charge is 0.0488 e. The Morgan fingerprint density at radius 2 is 2.13 bits per heavy atom. The minimum absolute atomic E-state index is 0.324. The summed E-state index contributed by atoms with van der Waals surface area (Å²) in [6, 6.07) is 8.89. The van der Waals surface area contributed by atoms with E-state index in [-0.39, 0.29) is 0 Å². The summed E-state index contributed by atoms with van der Waals surface area (Å²) in [6.45, 7) is 0. The lowest BCUT2D eigenvalue weighted by molar-refractivity contribution is 0.497. The maximum Gasteiger partial charge on any atom is 0.0488 e. The van der Waals surface area contributed by atoms with Gasteiger partial charge in [0.15, 0.2) is 0 Å². The second-order valence-corrected chi connectivity index (χ2v) is 4.47.